The Balaban J connectivity index is 0.000000195. The largest absolute Gasteiger partial charge is 0.415 e. The van der Waals surface area contributed by atoms with Gasteiger partial charge in [0.1, 0.15) is 23.0 Å². The number of amides is 8. The zero-order valence-corrected chi connectivity index (χ0v) is 79.0. The number of aryl methyl sites for hydroxylation is 3. The van der Waals surface area contributed by atoms with Crippen molar-refractivity contribution in [1.82, 2.24) is 80.4 Å². The van der Waals surface area contributed by atoms with E-state index in [2.05, 4.69) is 162 Å². The van der Waals surface area contributed by atoms with Crippen molar-refractivity contribution >= 4 is 48.0 Å². The van der Waals surface area contributed by atoms with E-state index < -0.39 is 0 Å². The number of benzene rings is 4. The molecule has 4 aromatic carbocycles. The molecule has 8 amide bonds. The van der Waals surface area contributed by atoms with Crippen LogP contribution in [0.25, 0.3) is 0 Å². The number of hydrogen-bond acceptors (Lipinski definition) is 20. The van der Waals surface area contributed by atoms with E-state index in [0.717, 1.165) is 153 Å². The molecule has 0 saturated carbocycles. The molecular formula is C102H140N16O12. The molecule has 4 fully saturated rings. The molecule has 4 N–H and O–H groups in total. The minimum Gasteiger partial charge on any atom is -0.410 e. The number of carbonyl (C=O) groups excluding carboxylic acids is 8. The molecule has 0 atom stereocenters. The second kappa shape index (κ2) is 51.6. The lowest BCUT2D eigenvalue weighted by Gasteiger charge is -2.34. The number of hydrogen-bond donors (Lipinski definition) is 4. The molecule has 8 heterocycles. The summed E-state index contributed by atoms with van der Waals surface area (Å²) in [7, 11) is 0. The normalized spacial score (nSPS) is 14.7. The van der Waals surface area contributed by atoms with Crippen LogP contribution in [-0.4, -0.2) is 258 Å². The lowest BCUT2D eigenvalue weighted by molar-refractivity contribution is 0.0940. The Kier molecular flexibility index (Phi) is 40.5. The van der Waals surface area contributed by atoms with Crippen LogP contribution in [0.2, 0.25) is 0 Å². The van der Waals surface area contributed by atoms with E-state index in [0.29, 0.717) is 124 Å². The fraction of sp³-hybridized carbons (Fsp3) is 0.490. The van der Waals surface area contributed by atoms with Crippen molar-refractivity contribution in [2.45, 2.75) is 154 Å². The summed E-state index contributed by atoms with van der Waals surface area (Å²) in [6.07, 6.45) is 16.5. The summed E-state index contributed by atoms with van der Waals surface area (Å²) in [5.74, 6) is 1.32. The molecule has 8 aromatic rings. The molecule has 0 aliphatic carbocycles. The van der Waals surface area contributed by atoms with Crippen molar-refractivity contribution in [3.63, 3.8) is 0 Å². The van der Waals surface area contributed by atoms with Gasteiger partial charge >= 0.3 is 24.4 Å². The average Bonchev–Trinajstić information content (AvgIpc) is 0.861. The van der Waals surface area contributed by atoms with Crippen LogP contribution < -0.4 is 40.2 Å². The SMILES string of the molecule is CC(C)(C)CCNC(=O)c1ccc(OC(=O)N2CCN(CCCc3ccccn3)CC2)cc1.CC(C)(C)CCNC(=O)c1ccc(OC(=O)N2CCN(CCCc3cccnc3)CC2)cc1.CC(C)(C)CCNC(=O)c1ccc(OC(=O)N2CCN(CCc3cccnc3)CC2)cc1.Cc1cccc(CN2CCN(C(=O)Oc3ccc(C(=O)NCCC(C)(C)C)cc3)CC2)n1. The number of nitrogens with one attached hydrogen (secondary N) is 4. The molecule has 0 bridgehead atoms. The third-order valence-electron chi connectivity index (χ3n) is 22.5. The smallest absolute Gasteiger partial charge is 0.410 e. The Morgan fingerprint density at radius 2 is 0.623 bits per heavy atom. The number of ether oxygens (including phenoxy) is 4. The topological polar surface area (TPSA) is 299 Å². The van der Waals surface area contributed by atoms with Gasteiger partial charge in [-0.1, -0.05) is 107 Å². The third-order valence-corrected chi connectivity index (χ3v) is 22.5. The monoisotopic (exact) mass is 1780 g/mol. The van der Waals surface area contributed by atoms with Gasteiger partial charge in [0, 0.05) is 209 Å². The van der Waals surface area contributed by atoms with Crippen LogP contribution in [0.5, 0.6) is 23.0 Å². The first kappa shape index (κ1) is 102. The maximum Gasteiger partial charge on any atom is 0.415 e. The molecule has 12 rings (SSSR count). The van der Waals surface area contributed by atoms with Crippen LogP contribution >= 0.6 is 0 Å². The maximum absolute atomic E-state index is 12.5. The van der Waals surface area contributed by atoms with E-state index in [1.165, 1.54) is 11.1 Å². The van der Waals surface area contributed by atoms with Gasteiger partial charge in [-0.05, 0) is 244 Å². The molecule has 130 heavy (non-hydrogen) atoms. The molecule has 0 radical (unpaired) electrons. The minimum atomic E-state index is -0.360. The molecule has 28 nitrogen and oxygen atoms in total. The van der Waals surface area contributed by atoms with Gasteiger partial charge in [0.15, 0.2) is 0 Å². The Hall–Kier alpha value is -11.7. The molecular weight excluding hydrogens is 1640 g/mol. The van der Waals surface area contributed by atoms with E-state index >= 15 is 0 Å². The van der Waals surface area contributed by atoms with Crippen LogP contribution in [0.4, 0.5) is 19.2 Å². The fourth-order valence-electron chi connectivity index (χ4n) is 14.4. The first-order valence-electron chi connectivity index (χ1n) is 46.0. The fourth-order valence-corrected chi connectivity index (χ4v) is 14.4. The minimum absolute atomic E-state index is 0.114. The summed E-state index contributed by atoms with van der Waals surface area (Å²) in [5.41, 5.74) is 8.59. The summed E-state index contributed by atoms with van der Waals surface area (Å²) in [6.45, 7) is 45.7. The summed E-state index contributed by atoms with van der Waals surface area (Å²) in [4.78, 5) is 133. The number of piperazine rings is 4. The zero-order chi connectivity index (χ0) is 93.5. The first-order valence-corrected chi connectivity index (χ1v) is 46.0. The van der Waals surface area contributed by atoms with Gasteiger partial charge < -0.3 is 59.8 Å². The van der Waals surface area contributed by atoms with Crippen molar-refractivity contribution in [1.29, 1.82) is 0 Å². The van der Waals surface area contributed by atoms with Crippen LogP contribution in [0.15, 0.2) is 189 Å². The lowest BCUT2D eigenvalue weighted by atomic mass is 9.92. The van der Waals surface area contributed by atoms with Crippen LogP contribution in [0, 0.1) is 28.6 Å². The maximum atomic E-state index is 12.5. The molecule has 0 spiro atoms. The highest BCUT2D eigenvalue weighted by Gasteiger charge is 2.29. The number of carbonyl (C=O) groups is 8. The highest BCUT2D eigenvalue weighted by Crippen LogP contribution is 2.25. The van der Waals surface area contributed by atoms with Crippen molar-refractivity contribution in [3.8, 4) is 23.0 Å². The van der Waals surface area contributed by atoms with Crippen molar-refractivity contribution < 1.29 is 57.3 Å². The van der Waals surface area contributed by atoms with Gasteiger partial charge in [0.05, 0.1) is 5.69 Å². The quantitative estimate of drug-likeness (QED) is 0.0339. The summed E-state index contributed by atoms with van der Waals surface area (Å²) < 4.78 is 22.1. The molecule has 4 saturated heterocycles. The molecule has 700 valence electrons. The van der Waals surface area contributed by atoms with Gasteiger partial charge in [-0.15, -0.1) is 0 Å². The second-order valence-electron chi connectivity index (χ2n) is 38.4. The van der Waals surface area contributed by atoms with E-state index in [1.54, 1.807) is 129 Å². The van der Waals surface area contributed by atoms with Gasteiger partial charge in [-0.3, -0.25) is 58.7 Å². The number of pyridine rings is 4. The predicted molar refractivity (Wildman–Crippen MR) is 508 cm³/mol. The number of aromatic nitrogens is 4. The van der Waals surface area contributed by atoms with E-state index in [-0.39, 0.29) is 69.7 Å². The summed E-state index contributed by atoms with van der Waals surface area (Å²) in [6, 6.07) is 47.0. The number of nitrogens with zero attached hydrogens (tertiary/aromatic N) is 12. The van der Waals surface area contributed by atoms with Gasteiger partial charge in [-0.25, -0.2) is 19.2 Å². The predicted octanol–water partition coefficient (Wildman–Crippen LogP) is 15.5. The van der Waals surface area contributed by atoms with Crippen LogP contribution in [0.1, 0.15) is 191 Å². The van der Waals surface area contributed by atoms with Crippen molar-refractivity contribution in [2.75, 3.05) is 151 Å². The van der Waals surface area contributed by atoms with E-state index in [4.69, 9.17) is 18.9 Å². The highest BCUT2D eigenvalue weighted by molar-refractivity contribution is 5.96. The molecule has 28 heteroatoms. The summed E-state index contributed by atoms with van der Waals surface area (Å²) >= 11 is 0. The lowest BCUT2D eigenvalue weighted by Crippen LogP contribution is -2.49. The standard InChI is InChI=1S/2C26H36N4O3.2C25H34N4O3/c1-26(2,3)12-14-28-24(31)22-8-10-23(11-9-22)33-25(32)30-18-16-29(17-19-30)15-5-7-21-6-4-13-27-20-21;1-26(2,3)13-15-28-24(31)21-9-11-23(12-10-21)33-25(32)30-19-17-29(18-20-30)16-6-8-22-7-4-5-14-27-22;1-19-6-5-7-21(27-19)18-28-14-16-29(17-15-28)24(31)32-22-10-8-20(9-11-22)23(30)26-13-12-25(2,3)4;1-25(2,3)11-13-27-23(30)21-6-8-22(9-7-21)32-24(31)29-17-15-28(16-18-29)14-10-20-5-4-12-26-19-20/h4,6,8-11,13,20H,5,7,12,14-19H2,1-3H3,(H,28,31);4-5,7,9-12,14H,6,8,13,15-20H2,1-3H3,(H,28,31);5-11H,12-18H2,1-4H3,(H,26,30);4-9,12,19H,10-11,13-18H2,1-3H3,(H,27,30). The Labute approximate surface area is 770 Å². The second-order valence-corrected chi connectivity index (χ2v) is 38.4. The molecule has 0 unspecified atom stereocenters. The summed E-state index contributed by atoms with van der Waals surface area (Å²) in [5, 5.41) is 11.7. The van der Waals surface area contributed by atoms with Crippen molar-refractivity contribution in [3.05, 3.63) is 239 Å². The van der Waals surface area contributed by atoms with Gasteiger partial charge in [0.2, 0.25) is 0 Å². The Morgan fingerprint density at radius 1 is 0.315 bits per heavy atom. The Bertz CT molecular complexity index is 4610. The third kappa shape index (κ3) is 38.9. The van der Waals surface area contributed by atoms with Crippen LogP contribution in [0.3, 0.4) is 0 Å². The van der Waals surface area contributed by atoms with E-state index in [1.807, 2.05) is 68.0 Å². The van der Waals surface area contributed by atoms with Crippen LogP contribution in [-0.2, 0) is 25.8 Å². The van der Waals surface area contributed by atoms with E-state index in [9.17, 15) is 38.4 Å². The van der Waals surface area contributed by atoms with Crippen molar-refractivity contribution in [2.24, 2.45) is 21.7 Å². The number of rotatable bonds is 29. The van der Waals surface area contributed by atoms with Gasteiger partial charge in [-0.2, -0.15) is 0 Å². The molecule has 4 aliphatic rings. The highest BCUT2D eigenvalue weighted by atomic mass is 16.6. The first-order chi connectivity index (χ1) is 62.1. The molecule has 4 aromatic heterocycles. The molecule has 4 aliphatic heterocycles. The Morgan fingerprint density at radius 3 is 0.923 bits per heavy atom. The average molecular weight is 1780 g/mol. The zero-order valence-electron chi connectivity index (χ0n) is 79.0. The van der Waals surface area contributed by atoms with Gasteiger partial charge in [0.25, 0.3) is 23.6 Å².